The lowest BCUT2D eigenvalue weighted by Gasteiger charge is -2.16. The van der Waals surface area contributed by atoms with Crippen LogP contribution < -0.4 is 21.3 Å². The summed E-state index contributed by atoms with van der Waals surface area (Å²) in [7, 11) is 3.13. The molecule has 12 nitrogen and oxygen atoms in total. The van der Waals surface area contributed by atoms with E-state index in [1.807, 2.05) is 30.3 Å². The van der Waals surface area contributed by atoms with Crippen molar-refractivity contribution in [3.05, 3.63) is 53.1 Å². The molecular weight excluding hydrogens is 592 g/mol. The van der Waals surface area contributed by atoms with Gasteiger partial charge in [-0.25, -0.2) is 4.79 Å². The third-order valence-corrected chi connectivity index (χ3v) is 7.46. The van der Waals surface area contributed by atoms with Crippen LogP contribution in [0.5, 0.6) is 0 Å². The number of methoxy groups -OCH3 is 1. The first-order valence-corrected chi connectivity index (χ1v) is 16.0. The summed E-state index contributed by atoms with van der Waals surface area (Å²) in [6.45, 7) is 5.71. The zero-order chi connectivity index (χ0) is 33.1. The van der Waals surface area contributed by atoms with Crippen LogP contribution in [-0.4, -0.2) is 90.7 Å². The topological polar surface area (TPSA) is 153 Å². The Morgan fingerprint density at radius 2 is 1.43 bits per heavy atom. The van der Waals surface area contributed by atoms with Crippen LogP contribution in [0.15, 0.2) is 36.4 Å². The molecule has 4 amide bonds. The highest BCUT2D eigenvalue weighted by Crippen LogP contribution is 2.46. The molecule has 1 aliphatic carbocycles. The van der Waals surface area contributed by atoms with Crippen LogP contribution in [0.1, 0.15) is 72.9 Å². The van der Waals surface area contributed by atoms with Gasteiger partial charge in [-0.1, -0.05) is 25.5 Å². The normalized spacial score (nSPS) is 13.0. The number of nitrogens with one attached hydrogen (secondary N) is 4. The summed E-state index contributed by atoms with van der Waals surface area (Å²) in [5.41, 5.74) is 4.67. The van der Waals surface area contributed by atoms with Gasteiger partial charge in [-0.3, -0.25) is 14.4 Å². The molecule has 1 aliphatic rings. The zero-order valence-electron chi connectivity index (χ0n) is 27.2. The third-order valence-electron chi connectivity index (χ3n) is 7.46. The van der Waals surface area contributed by atoms with Gasteiger partial charge in [0, 0.05) is 77.1 Å². The number of amides is 4. The molecule has 4 N–H and O–H groups in total. The summed E-state index contributed by atoms with van der Waals surface area (Å²) < 4.78 is 21.4. The van der Waals surface area contributed by atoms with Crippen LogP contribution in [0, 0.1) is 0 Å². The van der Waals surface area contributed by atoms with E-state index in [0.717, 1.165) is 41.5 Å². The molecule has 3 rings (SSSR count). The summed E-state index contributed by atoms with van der Waals surface area (Å²) in [4.78, 5) is 49.7. The lowest BCUT2D eigenvalue weighted by molar-refractivity contribution is -0.121. The Hall–Kier alpha value is -4.00. The van der Waals surface area contributed by atoms with Crippen molar-refractivity contribution >= 4 is 29.5 Å². The second-order valence-corrected chi connectivity index (χ2v) is 10.9. The van der Waals surface area contributed by atoms with E-state index in [-0.39, 0.29) is 43.1 Å². The van der Waals surface area contributed by atoms with Gasteiger partial charge < -0.3 is 40.2 Å². The first kappa shape index (κ1) is 36.5. The number of hydrogen-bond acceptors (Lipinski definition) is 8. The lowest BCUT2D eigenvalue weighted by Crippen LogP contribution is -2.27. The number of ether oxygens (including phenoxy) is 4. The highest BCUT2D eigenvalue weighted by Gasteiger charge is 2.31. The molecule has 0 aliphatic heterocycles. The average Bonchev–Trinajstić information content (AvgIpc) is 3.36. The Morgan fingerprint density at radius 1 is 0.761 bits per heavy atom. The second kappa shape index (κ2) is 20.2. The third kappa shape index (κ3) is 11.7. The highest BCUT2D eigenvalue weighted by molar-refractivity contribution is 5.96. The Morgan fingerprint density at radius 3 is 2.15 bits per heavy atom. The molecule has 0 heterocycles. The summed E-state index contributed by atoms with van der Waals surface area (Å²) in [6, 6.07) is 11.1. The van der Waals surface area contributed by atoms with Gasteiger partial charge in [-0.05, 0) is 65.8 Å². The smallest absolute Gasteiger partial charge is 0.406 e. The van der Waals surface area contributed by atoms with Crippen molar-refractivity contribution in [2.45, 2.75) is 51.4 Å². The molecular formula is C34H48N4O8. The molecule has 0 bridgehead atoms. The summed E-state index contributed by atoms with van der Waals surface area (Å²) in [6.07, 6.45) is 3.14. The van der Waals surface area contributed by atoms with Gasteiger partial charge in [-0.2, -0.15) is 0 Å². The van der Waals surface area contributed by atoms with E-state index in [9.17, 15) is 19.2 Å². The molecule has 0 radical (unpaired) electrons. The molecule has 1 atom stereocenters. The lowest BCUT2D eigenvalue weighted by atomic mass is 9.96. The van der Waals surface area contributed by atoms with E-state index in [4.69, 9.17) is 18.9 Å². The number of carbonyl (C=O) groups is 4. The van der Waals surface area contributed by atoms with E-state index in [1.165, 1.54) is 7.05 Å². The maximum Gasteiger partial charge on any atom is 0.406 e. The van der Waals surface area contributed by atoms with Gasteiger partial charge in [0.25, 0.3) is 5.91 Å². The standard InChI is InChI=1S/C34H48N4O8/c1-4-5-17-44-19-14-36-31(39)8-6-9-32(40)38-25-11-13-27-26-12-10-24(33(41)37-15-20-45-18-7-16-43-3)21-28(26)30(29(27)22-25)23-46-34(42)35-2/h10-13,21-22,30H,4-9,14-20,23H2,1-3H3,(H,35,42)(H,36,39)(H,37,41)(H,38,40). The number of rotatable bonds is 21. The van der Waals surface area contributed by atoms with E-state index < -0.39 is 6.09 Å². The molecule has 2 aromatic carbocycles. The average molecular weight is 641 g/mol. The molecule has 1 unspecified atom stereocenters. The van der Waals surface area contributed by atoms with E-state index in [1.54, 1.807) is 13.2 Å². The van der Waals surface area contributed by atoms with Crippen LogP contribution in [0.4, 0.5) is 10.5 Å². The van der Waals surface area contributed by atoms with Gasteiger partial charge >= 0.3 is 6.09 Å². The van der Waals surface area contributed by atoms with Crippen LogP contribution in [0.2, 0.25) is 0 Å². The first-order valence-electron chi connectivity index (χ1n) is 16.0. The van der Waals surface area contributed by atoms with Crippen LogP contribution in [0.3, 0.4) is 0 Å². The Balaban J connectivity index is 1.59. The summed E-state index contributed by atoms with van der Waals surface area (Å²) >= 11 is 0. The Labute approximate surface area is 271 Å². The van der Waals surface area contributed by atoms with Crippen LogP contribution >= 0.6 is 0 Å². The molecule has 0 saturated carbocycles. The largest absolute Gasteiger partial charge is 0.449 e. The monoisotopic (exact) mass is 640 g/mol. The van der Waals surface area contributed by atoms with Crippen molar-refractivity contribution in [3.63, 3.8) is 0 Å². The van der Waals surface area contributed by atoms with E-state index >= 15 is 0 Å². The van der Waals surface area contributed by atoms with Crippen molar-refractivity contribution in [2.75, 3.05) is 72.2 Å². The van der Waals surface area contributed by atoms with E-state index in [2.05, 4.69) is 28.2 Å². The Bertz CT molecular complexity index is 1300. The molecule has 0 fully saturated rings. The minimum atomic E-state index is -0.563. The second-order valence-electron chi connectivity index (χ2n) is 10.9. The number of carbonyl (C=O) groups excluding carboxylic acids is 4. The van der Waals surface area contributed by atoms with Crippen molar-refractivity contribution in [1.82, 2.24) is 16.0 Å². The minimum Gasteiger partial charge on any atom is -0.449 e. The van der Waals surface area contributed by atoms with Crippen LogP contribution in [-0.2, 0) is 28.5 Å². The zero-order valence-corrected chi connectivity index (χ0v) is 27.2. The molecule has 12 heteroatoms. The quantitative estimate of drug-likeness (QED) is 0.150. The van der Waals surface area contributed by atoms with Crippen molar-refractivity contribution in [2.24, 2.45) is 0 Å². The molecule has 46 heavy (non-hydrogen) atoms. The molecule has 0 saturated heterocycles. The van der Waals surface area contributed by atoms with Gasteiger partial charge in [0.2, 0.25) is 11.8 Å². The maximum absolute atomic E-state index is 12.9. The molecule has 2 aromatic rings. The fraction of sp³-hybridized carbons (Fsp3) is 0.529. The van der Waals surface area contributed by atoms with Gasteiger partial charge in [-0.15, -0.1) is 0 Å². The summed E-state index contributed by atoms with van der Waals surface area (Å²) in [5.74, 6) is -0.885. The number of fused-ring (bicyclic) bond motifs is 3. The van der Waals surface area contributed by atoms with Gasteiger partial charge in [0.15, 0.2) is 0 Å². The SMILES string of the molecule is CCCCOCCNC(=O)CCCC(=O)Nc1ccc2c(c1)C(COC(=O)NC)c1cc(C(=O)NCCOCCCOC)ccc1-2. The van der Waals surface area contributed by atoms with Gasteiger partial charge in [0.1, 0.15) is 6.61 Å². The van der Waals surface area contributed by atoms with E-state index in [0.29, 0.717) is 63.8 Å². The van der Waals surface area contributed by atoms with Crippen molar-refractivity contribution < 1.29 is 38.1 Å². The molecule has 0 spiro atoms. The maximum atomic E-state index is 12.9. The fourth-order valence-electron chi connectivity index (χ4n) is 5.07. The van der Waals surface area contributed by atoms with Crippen molar-refractivity contribution in [1.29, 1.82) is 0 Å². The van der Waals surface area contributed by atoms with Crippen molar-refractivity contribution in [3.8, 4) is 11.1 Å². The minimum absolute atomic E-state index is 0.0518. The number of benzene rings is 2. The number of alkyl carbamates (subject to hydrolysis) is 1. The summed E-state index contributed by atoms with van der Waals surface area (Å²) in [5, 5.41) is 11.1. The fourth-order valence-corrected chi connectivity index (χ4v) is 5.07. The highest BCUT2D eigenvalue weighted by atomic mass is 16.5. The number of anilines is 1. The number of unbranched alkanes of at least 4 members (excludes halogenated alkanes) is 1. The molecule has 0 aromatic heterocycles. The Kier molecular flexibility index (Phi) is 16.0. The van der Waals surface area contributed by atoms with Gasteiger partial charge in [0.05, 0.1) is 13.2 Å². The number of hydrogen-bond donors (Lipinski definition) is 4. The van der Waals surface area contributed by atoms with Crippen LogP contribution in [0.25, 0.3) is 11.1 Å². The first-order chi connectivity index (χ1) is 22.4. The molecule has 252 valence electrons. The predicted octanol–water partition coefficient (Wildman–Crippen LogP) is 3.98. The predicted molar refractivity (Wildman–Crippen MR) is 175 cm³/mol.